The van der Waals surface area contributed by atoms with Crippen LogP contribution in [0.15, 0.2) is 102 Å². The van der Waals surface area contributed by atoms with Crippen LogP contribution in [0.1, 0.15) is 30.5 Å². The SMILES string of the molecule is Cc1ccc(S(=O)(=O)N(Cc2ccccc2)[C@@H](C)/C=C/[C@H](C)COCc2ccccc2)cc1. The van der Waals surface area contributed by atoms with E-state index in [2.05, 4.69) is 6.92 Å². The van der Waals surface area contributed by atoms with Crippen LogP contribution in [0.5, 0.6) is 0 Å². The molecule has 0 fully saturated rings. The highest BCUT2D eigenvalue weighted by molar-refractivity contribution is 7.89. The molecule has 0 aliphatic rings. The number of ether oxygens (including phenoxy) is 1. The average molecular weight is 464 g/mol. The van der Waals surface area contributed by atoms with E-state index in [4.69, 9.17) is 4.74 Å². The van der Waals surface area contributed by atoms with E-state index in [0.717, 1.165) is 16.7 Å². The normalized spacial score (nSPS) is 13.9. The van der Waals surface area contributed by atoms with Crippen LogP contribution < -0.4 is 0 Å². The van der Waals surface area contributed by atoms with Crippen molar-refractivity contribution in [2.45, 2.75) is 44.9 Å². The van der Waals surface area contributed by atoms with Crippen molar-refractivity contribution in [3.05, 3.63) is 114 Å². The summed E-state index contributed by atoms with van der Waals surface area (Å²) in [5, 5.41) is 0. The highest BCUT2D eigenvalue weighted by Crippen LogP contribution is 2.22. The molecule has 0 N–H and O–H groups in total. The molecule has 0 aromatic heterocycles. The molecule has 0 spiro atoms. The van der Waals surface area contributed by atoms with E-state index in [1.807, 2.05) is 98.8 Å². The molecular weight excluding hydrogens is 430 g/mol. The Hall–Kier alpha value is -2.73. The van der Waals surface area contributed by atoms with Gasteiger partial charge < -0.3 is 4.74 Å². The van der Waals surface area contributed by atoms with Crippen molar-refractivity contribution in [2.24, 2.45) is 5.92 Å². The van der Waals surface area contributed by atoms with Gasteiger partial charge >= 0.3 is 0 Å². The van der Waals surface area contributed by atoms with Gasteiger partial charge in [0, 0.05) is 12.6 Å². The highest BCUT2D eigenvalue weighted by Gasteiger charge is 2.28. The highest BCUT2D eigenvalue weighted by atomic mass is 32.2. The summed E-state index contributed by atoms with van der Waals surface area (Å²) in [5.41, 5.74) is 3.12. The smallest absolute Gasteiger partial charge is 0.243 e. The van der Waals surface area contributed by atoms with Crippen LogP contribution in [-0.4, -0.2) is 25.4 Å². The Morgan fingerprint density at radius 3 is 2.00 bits per heavy atom. The third kappa shape index (κ3) is 7.39. The molecule has 4 nitrogen and oxygen atoms in total. The lowest BCUT2D eigenvalue weighted by Crippen LogP contribution is -2.37. The van der Waals surface area contributed by atoms with Crippen LogP contribution in [0.2, 0.25) is 0 Å². The number of hydrogen-bond acceptors (Lipinski definition) is 3. The zero-order valence-corrected chi connectivity index (χ0v) is 20.4. The van der Waals surface area contributed by atoms with E-state index < -0.39 is 10.0 Å². The maximum atomic E-state index is 13.5. The summed E-state index contributed by atoms with van der Waals surface area (Å²) in [5.74, 6) is 0.164. The Morgan fingerprint density at radius 1 is 0.818 bits per heavy atom. The van der Waals surface area contributed by atoms with Gasteiger partial charge in [0.25, 0.3) is 0 Å². The Balaban J connectivity index is 1.71. The Labute approximate surface area is 198 Å². The van der Waals surface area contributed by atoms with Crippen LogP contribution in [0.4, 0.5) is 0 Å². The molecule has 3 aromatic rings. The Kier molecular flexibility index (Phi) is 9.01. The molecule has 3 rings (SSSR count). The summed E-state index contributed by atoms with van der Waals surface area (Å²) >= 11 is 0. The van der Waals surface area contributed by atoms with E-state index >= 15 is 0 Å². The molecular formula is C28H33NO3S. The van der Waals surface area contributed by atoms with Crippen LogP contribution in [0.25, 0.3) is 0 Å². The standard InChI is InChI=1S/C28H33NO3S/c1-23-15-18-28(19-16-23)33(30,31)29(20-26-10-6-4-7-11-26)25(3)17-14-24(2)21-32-22-27-12-8-5-9-13-27/h4-19,24-25H,20-22H2,1-3H3/b17-14+/t24-,25-/m0/s1. The zero-order chi connectivity index (χ0) is 23.7. The summed E-state index contributed by atoms with van der Waals surface area (Å²) in [6, 6.07) is 26.5. The summed E-state index contributed by atoms with van der Waals surface area (Å²) < 4.78 is 34.5. The lowest BCUT2D eigenvalue weighted by atomic mass is 10.1. The van der Waals surface area contributed by atoms with Crippen molar-refractivity contribution in [2.75, 3.05) is 6.61 Å². The molecule has 0 unspecified atom stereocenters. The van der Waals surface area contributed by atoms with Crippen LogP contribution in [0.3, 0.4) is 0 Å². The first-order valence-electron chi connectivity index (χ1n) is 11.3. The van der Waals surface area contributed by atoms with Gasteiger partial charge in [0.2, 0.25) is 10.0 Å². The third-order valence-electron chi connectivity index (χ3n) is 5.47. The van der Waals surface area contributed by atoms with Gasteiger partial charge in [0.05, 0.1) is 18.1 Å². The monoisotopic (exact) mass is 463 g/mol. The minimum Gasteiger partial charge on any atom is -0.376 e. The van der Waals surface area contributed by atoms with Crippen molar-refractivity contribution in [1.29, 1.82) is 0 Å². The molecule has 174 valence electrons. The zero-order valence-electron chi connectivity index (χ0n) is 19.6. The maximum Gasteiger partial charge on any atom is 0.243 e. The van der Waals surface area contributed by atoms with Gasteiger partial charge in [-0.3, -0.25) is 0 Å². The van der Waals surface area contributed by atoms with Crippen molar-refractivity contribution >= 4 is 10.0 Å². The molecule has 0 bridgehead atoms. The number of hydrogen-bond donors (Lipinski definition) is 0. The van der Waals surface area contributed by atoms with E-state index in [1.54, 1.807) is 16.4 Å². The topological polar surface area (TPSA) is 46.6 Å². The van der Waals surface area contributed by atoms with Gasteiger partial charge in [-0.1, -0.05) is 97.4 Å². The number of nitrogens with zero attached hydrogens (tertiary/aromatic N) is 1. The molecule has 0 radical (unpaired) electrons. The Morgan fingerprint density at radius 2 is 1.39 bits per heavy atom. The van der Waals surface area contributed by atoms with Gasteiger partial charge in [-0.25, -0.2) is 8.42 Å². The van der Waals surface area contributed by atoms with Gasteiger partial charge in [-0.05, 0) is 43.0 Å². The van der Waals surface area contributed by atoms with Crippen molar-refractivity contribution in [3.8, 4) is 0 Å². The summed E-state index contributed by atoms with van der Waals surface area (Å²) in [6.45, 7) is 7.39. The molecule has 0 heterocycles. The lowest BCUT2D eigenvalue weighted by Gasteiger charge is -2.27. The summed E-state index contributed by atoms with van der Waals surface area (Å²) in [4.78, 5) is 0.309. The fourth-order valence-electron chi connectivity index (χ4n) is 3.50. The van der Waals surface area contributed by atoms with E-state index in [9.17, 15) is 8.42 Å². The molecule has 0 aliphatic heterocycles. The fraction of sp³-hybridized carbons (Fsp3) is 0.286. The molecule has 0 aliphatic carbocycles. The largest absolute Gasteiger partial charge is 0.376 e. The molecule has 0 amide bonds. The van der Waals surface area contributed by atoms with Gasteiger partial charge in [0.1, 0.15) is 0 Å². The first-order chi connectivity index (χ1) is 15.9. The van der Waals surface area contributed by atoms with Crippen LogP contribution in [0, 0.1) is 12.8 Å². The molecule has 33 heavy (non-hydrogen) atoms. The summed E-state index contributed by atoms with van der Waals surface area (Å²) in [7, 11) is -3.67. The molecule has 3 aromatic carbocycles. The number of rotatable bonds is 11. The van der Waals surface area contributed by atoms with E-state index in [-0.39, 0.29) is 12.0 Å². The van der Waals surface area contributed by atoms with Crippen LogP contribution >= 0.6 is 0 Å². The lowest BCUT2D eigenvalue weighted by molar-refractivity contribution is 0.104. The average Bonchev–Trinajstić information content (AvgIpc) is 2.82. The van der Waals surface area contributed by atoms with E-state index in [1.165, 1.54) is 0 Å². The first kappa shape index (κ1) is 24.9. The molecule has 2 atom stereocenters. The van der Waals surface area contributed by atoms with Crippen molar-refractivity contribution in [1.82, 2.24) is 4.31 Å². The fourth-order valence-corrected chi connectivity index (χ4v) is 5.07. The van der Waals surface area contributed by atoms with Gasteiger partial charge in [-0.2, -0.15) is 4.31 Å². The molecule has 0 saturated carbocycles. The molecule has 5 heteroatoms. The predicted octanol–water partition coefficient (Wildman–Crippen LogP) is 5.98. The quantitative estimate of drug-likeness (QED) is 0.329. The predicted molar refractivity (Wildman–Crippen MR) is 134 cm³/mol. The third-order valence-corrected chi connectivity index (χ3v) is 7.42. The second-order valence-electron chi connectivity index (χ2n) is 8.45. The second kappa shape index (κ2) is 11.9. The second-order valence-corrected chi connectivity index (χ2v) is 10.3. The minimum absolute atomic E-state index is 0.164. The van der Waals surface area contributed by atoms with Crippen molar-refractivity contribution in [3.63, 3.8) is 0 Å². The number of benzene rings is 3. The van der Waals surface area contributed by atoms with E-state index in [0.29, 0.717) is 24.7 Å². The van der Waals surface area contributed by atoms with Gasteiger partial charge in [0.15, 0.2) is 0 Å². The summed E-state index contributed by atoms with van der Waals surface area (Å²) in [6.07, 6.45) is 4.00. The maximum absolute atomic E-state index is 13.5. The van der Waals surface area contributed by atoms with Crippen molar-refractivity contribution < 1.29 is 13.2 Å². The Bertz CT molecular complexity index is 1110. The first-order valence-corrected chi connectivity index (χ1v) is 12.7. The van der Waals surface area contributed by atoms with Gasteiger partial charge in [-0.15, -0.1) is 0 Å². The van der Waals surface area contributed by atoms with Crippen LogP contribution in [-0.2, 0) is 27.9 Å². The number of aryl methyl sites for hydroxylation is 1. The number of sulfonamides is 1. The molecule has 0 saturated heterocycles. The minimum atomic E-state index is -3.67.